The van der Waals surface area contributed by atoms with Gasteiger partial charge in [0.25, 0.3) is 0 Å². The highest BCUT2D eigenvalue weighted by Gasteiger charge is 2.06. The molecule has 0 spiro atoms. The Balaban J connectivity index is 1.74. The smallest absolute Gasteiger partial charge is 0.325 e. The molecule has 6 nitrogen and oxygen atoms in total. The number of aromatic nitrogens is 2. The van der Waals surface area contributed by atoms with E-state index in [-0.39, 0.29) is 12.5 Å². The molecule has 0 atom stereocenters. The van der Waals surface area contributed by atoms with Crippen LogP contribution in [0, 0.1) is 0 Å². The Morgan fingerprint density at radius 3 is 2.76 bits per heavy atom. The predicted octanol–water partition coefficient (Wildman–Crippen LogP) is 1.84. The molecular formula is C14H15N3O3S. The van der Waals surface area contributed by atoms with Crippen molar-refractivity contribution in [2.75, 3.05) is 11.1 Å². The number of benzene rings is 1. The van der Waals surface area contributed by atoms with Crippen LogP contribution in [0.2, 0.25) is 0 Å². The summed E-state index contributed by atoms with van der Waals surface area (Å²) in [6, 6.07) is 9.91. The lowest BCUT2D eigenvalue weighted by Gasteiger charge is -2.03. The number of carboxylic acid groups (broad SMARTS) is 1. The van der Waals surface area contributed by atoms with Crippen LogP contribution in [0.3, 0.4) is 0 Å². The average molecular weight is 305 g/mol. The molecule has 1 aromatic heterocycles. The Hall–Kier alpha value is -2.28. The summed E-state index contributed by atoms with van der Waals surface area (Å²) in [4.78, 5) is 22.3. The first-order valence-corrected chi connectivity index (χ1v) is 7.45. The Labute approximate surface area is 126 Å². The van der Waals surface area contributed by atoms with Crippen LogP contribution in [0.15, 0.2) is 42.7 Å². The lowest BCUT2D eigenvalue weighted by molar-refractivity contribution is -0.137. The molecule has 21 heavy (non-hydrogen) atoms. The molecule has 1 amide bonds. The minimum atomic E-state index is -0.977. The van der Waals surface area contributed by atoms with Gasteiger partial charge in [-0.25, -0.2) is 0 Å². The Kier molecular flexibility index (Phi) is 5.39. The normalized spacial score (nSPS) is 10.3. The molecule has 2 rings (SSSR count). The van der Waals surface area contributed by atoms with E-state index in [1.807, 2.05) is 30.3 Å². The van der Waals surface area contributed by atoms with Crippen molar-refractivity contribution in [3.8, 4) is 0 Å². The van der Waals surface area contributed by atoms with E-state index in [1.165, 1.54) is 34.4 Å². The first-order chi connectivity index (χ1) is 10.1. The second-order valence-corrected chi connectivity index (χ2v) is 5.33. The predicted molar refractivity (Wildman–Crippen MR) is 81.1 cm³/mol. The number of carbonyl (C=O) groups excluding carboxylic acids is 1. The highest BCUT2D eigenvalue weighted by molar-refractivity contribution is 7.99. The SMILES string of the molecule is O=C(O)Cn1cc(NC(=O)CSCc2ccccc2)cn1. The molecule has 0 bridgehead atoms. The minimum Gasteiger partial charge on any atom is -0.480 e. The fourth-order valence-electron chi connectivity index (χ4n) is 1.69. The van der Waals surface area contributed by atoms with Gasteiger partial charge in [0.05, 0.1) is 17.6 Å². The van der Waals surface area contributed by atoms with E-state index in [0.29, 0.717) is 11.4 Å². The van der Waals surface area contributed by atoms with Crippen LogP contribution < -0.4 is 5.32 Å². The van der Waals surface area contributed by atoms with Crippen LogP contribution >= 0.6 is 11.8 Å². The summed E-state index contributed by atoms with van der Waals surface area (Å²) in [7, 11) is 0. The number of nitrogens with zero attached hydrogens (tertiary/aromatic N) is 2. The molecule has 7 heteroatoms. The average Bonchev–Trinajstić information content (AvgIpc) is 2.86. The minimum absolute atomic E-state index is 0.134. The molecule has 0 aliphatic heterocycles. The quantitative estimate of drug-likeness (QED) is 0.815. The second kappa shape index (κ2) is 7.49. The highest BCUT2D eigenvalue weighted by atomic mass is 32.2. The zero-order chi connectivity index (χ0) is 15.1. The van der Waals surface area contributed by atoms with Gasteiger partial charge in [0, 0.05) is 11.9 Å². The Bertz CT molecular complexity index is 613. The number of thioether (sulfide) groups is 1. The van der Waals surface area contributed by atoms with Crippen molar-refractivity contribution in [3.05, 3.63) is 48.3 Å². The van der Waals surface area contributed by atoms with Gasteiger partial charge in [0.1, 0.15) is 6.54 Å². The van der Waals surface area contributed by atoms with Gasteiger partial charge in [0.15, 0.2) is 0 Å². The second-order valence-electron chi connectivity index (χ2n) is 4.35. The molecular weight excluding hydrogens is 290 g/mol. The molecule has 1 aromatic carbocycles. The number of carboxylic acids is 1. The molecule has 2 aromatic rings. The third kappa shape index (κ3) is 5.31. The first-order valence-electron chi connectivity index (χ1n) is 6.29. The van der Waals surface area contributed by atoms with Crippen LogP contribution in [-0.2, 0) is 21.9 Å². The van der Waals surface area contributed by atoms with Crippen LogP contribution in [0.25, 0.3) is 0 Å². The summed E-state index contributed by atoms with van der Waals surface area (Å²) < 4.78 is 1.26. The third-order valence-electron chi connectivity index (χ3n) is 2.56. The number of aliphatic carboxylic acids is 1. The van der Waals surface area contributed by atoms with Gasteiger partial charge < -0.3 is 10.4 Å². The molecule has 2 N–H and O–H groups in total. The fourth-order valence-corrected chi connectivity index (χ4v) is 2.47. The van der Waals surface area contributed by atoms with Gasteiger partial charge in [-0.15, -0.1) is 11.8 Å². The number of rotatable bonds is 7. The van der Waals surface area contributed by atoms with Crippen molar-refractivity contribution in [1.82, 2.24) is 9.78 Å². The summed E-state index contributed by atoms with van der Waals surface area (Å²) >= 11 is 1.52. The molecule has 0 saturated heterocycles. The van der Waals surface area contributed by atoms with E-state index in [1.54, 1.807) is 0 Å². The zero-order valence-corrected chi connectivity index (χ0v) is 12.0. The molecule has 0 unspecified atom stereocenters. The van der Waals surface area contributed by atoms with E-state index in [2.05, 4.69) is 10.4 Å². The van der Waals surface area contributed by atoms with Crippen LogP contribution in [0.5, 0.6) is 0 Å². The van der Waals surface area contributed by atoms with E-state index in [0.717, 1.165) is 5.75 Å². The molecule has 0 radical (unpaired) electrons. The molecule has 0 saturated carbocycles. The first kappa shape index (κ1) is 15.1. The molecule has 0 aliphatic carbocycles. The molecule has 1 heterocycles. The number of carbonyl (C=O) groups is 2. The third-order valence-corrected chi connectivity index (χ3v) is 3.56. The van der Waals surface area contributed by atoms with Gasteiger partial charge in [-0.1, -0.05) is 30.3 Å². The van der Waals surface area contributed by atoms with Gasteiger partial charge in [-0.05, 0) is 5.56 Å². The summed E-state index contributed by atoms with van der Waals surface area (Å²) in [5, 5.41) is 15.2. The number of nitrogens with one attached hydrogen (secondary N) is 1. The standard InChI is InChI=1S/C14H15N3O3S/c18-13(10-21-9-11-4-2-1-3-5-11)16-12-6-15-17(7-12)8-14(19)20/h1-7H,8-10H2,(H,16,18)(H,19,20). The summed E-state index contributed by atoms with van der Waals surface area (Å²) in [5.41, 5.74) is 1.67. The highest BCUT2D eigenvalue weighted by Crippen LogP contribution is 2.12. The zero-order valence-electron chi connectivity index (χ0n) is 11.2. The number of anilines is 1. The molecule has 0 fully saturated rings. The van der Waals surface area contributed by atoms with Gasteiger partial charge in [-0.2, -0.15) is 5.10 Å². The van der Waals surface area contributed by atoms with Crippen molar-refractivity contribution in [2.24, 2.45) is 0 Å². The number of hydrogen-bond donors (Lipinski definition) is 2. The van der Waals surface area contributed by atoms with E-state index in [4.69, 9.17) is 5.11 Å². The van der Waals surface area contributed by atoms with Crippen molar-refractivity contribution < 1.29 is 14.7 Å². The maximum absolute atomic E-state index is 11.7. The van der Waals surface area contributed by atoms with Crippen molar-refractivity contribution >= 4 is 29.3 Å². The van der Waals surface area contributed by atoms with Crippen molar-refractivity contribution in [1.29, 1.82) is 0 Å². The van der Waals surface area contributed by atoms with Gasteiger partial charge in [-0.3, -0.25) is 14.3 Å². The van der Waals surface area contributed by atoms with Crippen LogP contribution in [0.1, 0.15) is 5.56 Å². The number of hydrogen-bond acceptors (Lipinski definition) is 4. The lowest BCUT2D eigenvalue weighted by Crippen LogP contribution is -2.14. The maximum atomic E-state index is 11.7. The lowest BCUT2D eigenvalue weighted by atomic mass is 10.2. The van der Waals surface area contributed by atoms with Crippen molar-refractivity contribution in [3.63, 3.8) is 0 Å². The van der Waals surface area contributed by atoms with Crippen LogP contribution in [0.4, 0.5) is 5.69 Å². The molecule has 0 aliphatic rings. The van der Waals surface area contributed by atoms with E-state index < -0.39 is 5.97 Å². The topological polar surface area (TPSA) is 84.2 Å². The van der Waals surface area contributed by atoms with E-state index >= 15 is 0 Å². The number of amides is 1. The summed E-state index contributed by atoms with van der Waals surface area (Å²) in [6.07, 6.45) is 2.93. The fraction of sp³-hybridized carbons (Fsp3) is 0.214. The van der Waals surface area contributed by atoms with Gasteiger partial charge >= 0.3 is 5.97 Å². The Morgan fingerprint density at radius 2 is 2.05 bits per heavy atom. The van der Waals surface area contributed by atoms with Gasteiger partial charge in [0.2, 0.25) is 5.91 Å². The van der Waals surface area contributed by atoms with Crippen molar-refractivity contribution in [2.45, 2.75) is 12.3 Å². The largest absolute Gasteiger partial charge is 0.480 e. The van der Waals surface area contributed by atoms with Crippen LogP contribution in [-0.4, -0.2) is 32.5 Å². The summed E-state index contributed by atoms with van der Waals surface area (Å²) in [5.74, 6) is -0.00821. The summed E-state index contributed by atoms with van der Waals surface area (Å²) in [6.45, 7) is -0.224. The maximum Gasteiger partial charge on any atom is 0.325 e. The van der Waals surface area contributed by atoms with E-state index in [9.17, 15) is 9.59 Å². The monoisotopic (exact) mass is 305 g/mol. The Morgan fingerprint density at radius 1 is 1.29 bits per heavy atom. The molecule has 110 valence electrons.